The van der Waals surface area contributed by atoms with Crippen molar-refractivity contribution >= 4 is 40.5 Å². The van der Waals surface area contributed by atoms with Crippen LogP contribution in [0.1, 0.15) is 6.92 Å². The number of rotatable bonds is 5. The van der Waals surface area contributed by atoms with Gasteiger partial charge in [-0.25, -0.2) is 0 Å². The number of nitrogens with one attached hydrogen (secondary N) is 2. The molecule has 0 radical (unpaired) electrons. The summed E-state index contributed by atoms with van der Waals surface area (Å²) < 4.78 is 5.47. The fraction of sp³-hybridized carbons (Fsp3) is 0.133. The van der Waals surface area contributed by atoms with Crippen molar-refractivity contribution in [3.63, 3.8) is 0 Å². The van der Waals surface area contributed by atoms with Crippen LogP contribution >= 0.6 is 23.2 Å². The topological polar surface area (TPSA) is 70.6 Å². The standard InChI is InChI=1S/C15H14Cl2N2O3/c1-9(20)19-14-7-11(17)6-13(15(14)21)18-8-22-12-4-2-10(16)3-5-12/h2-7,18,21H,8H2,1H3,(H,19,20). The highest BCUT2D eigenvalue weighted by molar-refractivity contribution is 6.31. The lowest BCUT2D eigenvalue weighted by Gasteiger charge is -2.14. The first kappa shape index (κ1) is 16.3. The predicted octanol–water partition coefficient (Wildman–Crippen LogP) is 4.11. The Morgan fingerprint density at radius 2 is 1.77 bits per heavy atom. The largest absolute Gasteiger partial charge is 0.504 e. The molecule has 3 N–H and O–H groups in total. The first-order valence-electron chi connectivity index (χ1n) is 6.38. The number of ether oxygens (including phenoxy) is 1. The zero-order valence-electron chi connectivity index (χ0n) is 11.7. The maximum absolute atomic E-state index is 11.1. The van der Waals surface area contributed by atoms with Crippen molar-refractivity contribution in [2.75, 3.05) is 17.4 Å². The number of anilines is 2. The molecule has 0 atom stereocenters. The molecule has 2 aromatic carbocycles. The van der Waals surface area contributed by atoms with Gasteiger partial charge >= 0.3 is 0 Å². The summed E-state index contributed by atoms with van der Waals surface area (Å²) in [5, 5.41) is 16.5. The Kier molecular flexibility index (Phi) is 5.35. The summed E-state index contributed by atoms with van der Waals surface area (Å²) in [6.07, 6.45) is 0. The van der Waals surface area contributed by atoms with Gasteiger partial charge in [0.05, 0.1) is 11.4 Å². The van der Waals surface area contributed by atoms with Crippen molar-refractivity contribution in [1.82, 2.24) is 0 Å². The Morgan fingerprint density at radius 3 is 2.41 bits per heavy atom. The maximum atomic E-state index is 11.1. The van der Waals surface area contributed by atoms with E-state index in [-0.39, 0.29) is 24.1 Å². The molecule has 22 heavy (non-hydrogen) atoms. The SMILES string of the molecule is CC(=O)Nc1cc(Cl)cc(NCOc2ccc(Cl)cc2)c1O. The second-order valence-electron chi connectivity index (χ2n) is 4.45. The molecule has 0 aliphatic carbocycles. The zero-order chi connectivity index (χ0) is 16.1. The second kappa shape index (κ2) is 7.24. The van der Waals surface area contributed by atoms with E-state index in [1.54, 1.807) is 24.3 Å². The molecule has 1 amide bonds. The fourth-order valence-corrected chi connectivity index (χ4v) is 2.09. The average molecular weight is 341 g/mol. The molecule has 2 aromatic rings. The summed E-state index contributed by atoms with van der Waals surface area (Å²) >= 11 is 11.7. The number of phenols is 1. The Balaban J connectivity index is 2.04. The van der Waals surface area contributed by atoms with E-state index in [9.17, 15) is 9.90 Å². The summed E-state index contributed by atoms with van der Waals surface area (Å²) in [6.45, 7) is 1.45. The molecule has 7 heteroatoms. The molecule has 0 aliphatic rings. The van der Waals surface area contributed by atoms with Gasteiger partial charge in [-0.05, 0) is 36.4 Å². The Bertz CT molecular complexity index is 675. The smallest absolute Gasteiger partial charge is 0.221 e. The number of halogens is 2. The molecular weight excluding hydrogens is 327 g/mol. The van der Waals surface area contributed by atoms with E-state index in [0.29, 0.717) is 21.5 Å². The van der Waals surface area contributed by atoms with Crippen LogP contribution in [0.2, 0.25) is 10.0 Å². The number of amides is 1. The Labute approximate surface area is 137 Å². The summed E-state index contributed by atoms with van der Waals surface area (Å²) in [6, 6.07) is 9.87. The van der Waals surface area contributed by atoms with E-state index in [1.807, 2.05) is 0 Å². The van der Waals surface area contributed by atoms with Crippen LogP contribution < -0.4 is 15.4 Å². The van der Waals surface area contributed by atoms with Crippen molar-refractivity contribution < 1.29 is 14.6 Å². The molecule has 0 unspecified atom stereocenters. The quantitative estimate of drug-likeness (QED) is 0.565. The lowest BCUT2D eigenvalue weighted by molar-refractivity contribution is -0.114. The minimum Gasteiger partial charge on any atom is -0.504 e. The number of hydrogen-bond acceptors (Lipinski definition) is 4. The monoisotopic (exact) mass is 340 g/mol. The molecule has 0 heterocycles. The van der Waals surface area contributed by atoms with Crippen molar-refractivity contribution in [3.05, 3.63) is 46.4 Å². The third-order valence-corrected chi connectivity index (χ3v) is 3.17. The molecule has 2 rings (SSSR count). The van der Waals surface area contributed by atoms with Gasteiger partial charge in [-0.3, -0.25) is 4.79 Å². The van der Waals surface area contributed by atoms with E-state index in [1.165, 1.54) is 19.1 Å². The summed E-state index contributed by atoms with van der Waals surface area (Å²) in [7, 11) is 0. The van der Waals surface area contributed by atoms with Gasteiger partial charge in [0.1, 0.15) is 5.75 Å². The van der Waals surface area contributed by atoms with Gasteiger partial charge in [-0.1, -0.05) is 23.2 Å². The molecule has 5 nitrogen and oxygen atoms in total. The number of benzene rings is 2. The number of carbonyl (C=O) groups excluding carboxylic acids is 1. The molecule has 0 saturated heterocycles. The minimum absolute atomic E-state index is 0.106. The van der Waals surface area contributed by atoms with Crippen LogP contribution in [0.3, 0.4) is 0 Å². The van der Waals surface area contributed by atoms with Crippen LogP contribution in [0.15, 0.2) is 36.4 Å². The lowest BCUT2D eigenvalue weighted by atomic mass is 10.2. The molecule has 0 saturated carbocycles. The van der Waals surface area contributed by atoms with Gasteiger partial charge in [0.15, 0.2) is 12.5 Å². The molecule has 0 aromatic heterocycles. The van der Waals surface area contributed by atoms with Crippen LogP contribution in [0, 0.1) is 0 Å². The van der Waals surface area contributed by atoms with Gasteiger partial charge in [0.25, 0.3) is 0 Å². The number of aromatic hydroxyl groups is 1. The highest BCUT2D eigenvalue weighted by Gasteiger charge is 2.10. The highest BCUT2D eigenvalue weighted by Crippen LogP contribution is 2.35. The van der Waals surface area contributed by atoms with E-state index in [2.05, 4.69) is 10.6 Å². The van der Waals surface area contributed by atoms with E-state index in [0.717, 1.165) is 0 Å². The van der Waals surface area contributed by atoms with Gasteiger partial charge in [-0.15, -0.1) is 0 Å². The van der Waals surface area contributed by atoms with Gasteiger partial charge in [-0.2, -0.15) is 0 Å². The number of hydrogen-bond donors (Lipinski definition) is 3. The van der Waals surface area contributed by atoms with E-state index < -0.39 is 0 Å². The van der Waals surface area contributed by atoms with Crippen LogP contribution in [-0.4, -0.2) is 17.7 Å². The first-order chi connectivity index (χ1) is 10.5. The normalized spacial score (nSPS) is 10.1. The molecular formula is C15H14Cl2N2O3. The summed E-state index contributed by atoms with van der Waals surface area (Å²) in [4.78, 5) is 11.1. The van der Waals surface area contributed by atoms with Crippen LogP contribution in [0.25, 0.3) is 0 Å². The number of carbonyl (C=O) groups is 1. The van der Waals surface area contributed by atoms with Crippen molar-refractivity contribution in [1.29, 1.82) is 0 Å². The predicted molar refractivity (Wildman–Crippen MR) is 88.0 cm³/mol. The highest BCUT2D eigenvalue weighted by atomic mass is 35.5. The molecule has 0 aliphatic heterocycles. The van der Waals surface area contributed by atoms with Gasteiger partial charge < -0.3 is 20.5 Å². The van der Waals surface area contributed by atoms with Crippen LogP contribution in [0.5, 0.6) is 11.5 Å². The average Bonchev–Trinajstić information content (AvgIpc) is 2.45. The third-order valence-electron chi connectivity index (χ3n) is 2.70. The molecule has 0 fully saturated rings. The molecule has 0 bridgehead atoms. The molecule has 0 spiro atoms. The van der Waals surface area contributed by atoms with Crippen molar-refractivity contribution in [2.24, 2.45) is 0 Å². The fourth-order valence-electron chi connectivity index (χ4n) is 1.75. The maximum Gasteiger partial charge on any atom is 0.221 e. The van der Waals surface area contributed by atoms with Crippen LogP contribution in [-0.2, 0) is 4.79 Å². The first-order valence-corrected chi connectivity index (χ1v) is 7.13. The molecule has 116 valence electrons. The summed E-state index contributed by atoms with van der Waals surface area (Å²) in [5.41, 5.74) is 0.583. The second-order valence-corrected chi connectivity index (χ2v) is 5.32. The van der Waals surface area contributed by atoms with Gasteiger partial charge in [0.2, 0.25) is 5.91 Å². The van der Waals surface area contributed by atoms with E-state index >= 15 is 0 Å². The lowest BCUT2D eigenvalue weighted by Crippen LogP contribution is -2.10. The van der Waals surface area contributed by atoms with E-state index in [4.69, 9.17) is 27.9 Å². The number of phenolic OH excluding ortho intramolecular Hbond substituents is 1. The Hall–Kier alpha value is -2.11. The van der Waals surface area contributed by atoms with Gasteiger partial charge in [0, 0.05) is 17.0 Å². The zero-order valence-corrected chi connectivity index (χ0v) is 13.2. The van der Waals surface area contributed by atoms with Crippen LogP contribution in [0.4, 0.5) is 11.4 Å². The third kappa shape index (κ3) is 4.44. The van der Waals surface area contributed by atoms with Crippen molar-refractivity contribution in [3.8, 4) is 11.5 Å². The minimum atomic E-state index is -0.305. The summed E-state index contributed by atoms with van der Waals surface area (Å²) in [5.74, 6) is 0.209. The van der Waals surface area contributed by atoms with Crippen molar-refractivity contribution in [2.45, 2.75) is 6.92 Å². The Morgan fingerprint density at radius 1 is 1.14 bits per heavy atom.